The van der Waals surface area contributed by atoms with Gasteiger partial charge in [-0.15, -0.1) is 11.3 Å². The first-order valence-corrected chi connectivity index (χ1v) is 10.8. The van der Waals surface area contributed by atoms with Gasteiger partial charge in [0, 0.05) is 35.8 Å². The molecule has 4 aromatic rings. The van der Waals surface area contributed by atoms with Crippen molar-refractivity contribution in [3.8, 4) is 11.1 Å². The minimum Gasteiger partial charge on any atom is -0.356 e. The number of carbonyl (C=O) groups excluding carboxylic acids is 1. The Morgan fingerprint density at radius 3 is 2.86 bits per heavy atom. The second kappa shape index (κ2) is 7.12. The monoisotopic (exact) mass is 402 g/mol. The van der Waals surface area contributed by atoms with E-state index in [2.05, 4.69) is 58.7 Å². The van der Waals surface area contributed by atoms with Crippen molar-refractivity contribution in [1.29, 1.82) is 0 Å². The maximum Gasteiger partial charge on any atom is 0.220 e. The SMILES string of the molecule is CC(C)CC(=O)NCCc1c2c3c(ccnc3c3ncsc13)-c1ccccc1N2. The molecule has 0 aliphatic carbocycles. The number of para-hydroxylation sites is 1. The molecule has 0 unspecified atom stereocenters. The Kier molecular flexibility index (Phi) is 4.43. The van der Waals surface area contributed by atoms with Crippen LogP contribution >= 0.6 is 11.3 Å². The number of carbonyl (C=O) groups is 1. The number of nitrogens with zero attached hydrogens (tertiary/aromatic N) is 2. The summed E-state index contributed by atoms with van der Waals surface area (Å²) < 4.78 is 1.14. The molecule has 5 rings (SSSR count). The molecule has 0 saturated heterocycles. The summed E-state index contributed by atoms with van der Waals surface area (Å²) in [5.41, 5.74) is 9.51. The highest BCUT2D eigenvalue weighted by molar-refractivity contribution is 7.17. The van der Waals surface area contributed by atoms with E-state index in [4.69, 9.17) is 0 Å². The average Bonchev–Trinajstić information content (AvgIpc) is 3.19. The molecule has 1 aliphatic heterocycles. The Bertz CT molecular complexity index is 1240. The van der Waals surface area contributed by atoms with E-state index < -0.39 is 0 Å². The number of hydrogen-bond acceptors (Lipinski definition) is 5. The molecule has 146 valence electrons. The van der Waals surface area contributed by atoms with Crippen LogP contribution in [0.4, 0.5) is 11.4 Å². The van der Waals surface area contributed by atoms with Crippen molar-refractivity contribution in [1.82, 2.24) is 15.3 Å². The van der Waals surface area contributed by atoms with E-state index in [1.165, 1.54) is 16.7 Å². The van der Waals surface area contributed by atoms with Crippen LogP contribution in [0, 0.1) is 5.92 Å². The summed E-state index contributed by atoms with van der Waals surface area (Å²) in [7, 11) is 0. The first-order valence-electron chi connectivity index (χ1n) is 9.93. The Balaban J connectivity index is 1.63. The van der Waals surface area contributed by atoms with Gasteiger partial charge >= 0.3 is 0 Å². The minimum atomic E-state index is 0.107. The maximum absolute atomic E-state index is 12.1. The zero-order valence-corrected chi connectivity index (χ0v) is 17.3. The molecule has 0 bridgehead atoms. The second-order valence-corrected chi connectivity index (χ2v) is 8.69. The normalized spacial score (nSPS) is 12.2. The van der Waals surface area contributed by atoms with Gasteiger partial charge in [0.25, 0.3) is 0 Å². The topological polar surface area (TPSA) is 66.9 Å². The summed E-state index contributed by atoms with van der Waals surface area (Å²) in [6, 6.07) is 10.4. The molecule has 6 heteroatoms. The predicted molar refractivity (Wildman–Crippen MR) is 120 cm³/mol. The molecule has 0 atom stereocenters. The number of aromatic nitrogens is 2. The van der Waals surface area contributed by atoms with E-state index in [1.807, 2.05) is 17.8 Å². The van der Waals surface area contributed by atoms with Gasteiger partial charge in [0.15, 0.2) is 0 Å². The van der Waals surface area contributed by atoms with Gasteiger partial charge in [-0.2, -0.15) is 0 Å². The van der Waals surface area contributed by atoms with Crippen LogP contribution in [0.5, 0.6) is 0 Å². The lowest BCUT2D eigenvalue weighted by Crippen LogP contribution is -2.26. The molecule has 1 amide bonds. The molecule has 2 aromatic heterocycles. The van der Waals surface area contributed by atoms with Crippen LogP contribution in [0.15, 0.2) is 42.0 Å². The van der Waals surface area contributed by atoms with Crippen molar-refractivity contribution >= 4 is 49.7 Å². The van der Waals surface area contributed by atoms with Gasteiger partial charge < -0.3 is 10.6 Å². The van der Waals surface area contributed by atoms with E-state index in [1.54, 1.807) is 11.3 Å². The lowest BCUT2D eigenvalue weighted by molar-refractivity contribution is -0.121. The van der Waals surface area contributed by atoms with Crippen LogP contribution in [-0.4, -0.2) is 22.4 Å². The van der Waals surface area contributed by atoms with Crippen molar-refractivity contribution in [2.45, 2.75) is 26.7 Å². The Hall–Kier alpha value is -2.99. The third-order valence-corrected chi connectivity index (χ3v) is 6.22. The minimum absolute atomic E-state index is 0.107. The second-order valence-electron chi connectivity index (χ2n) is 7.83. The highest BCUT2D eigenvalue weighted by atomic mass is 32.1. The van der Waals surface area contributed by atoms with Gasteiger partial charge in [-0.3, -0.25) is 9.78 Å². The van der Waals surface area contributed by atoms with Crippen LogP contribution in [0.1, 0.15) is 25.8 Å². The maximum atomic E-state index is 12.1. The number of benzene rings is 2. The average molecular weight is 403 g/mol. The van der Waals surface area contributed by atoms with Crippen molar-refractivity contribution < 1.29 is 4.79 Å². The number of rotatable bonds is 5. The molecule has 2 N–H and O–H groups in total. The molecule has 0 radical (unpaired) electrons. The number of amides is 1. The summed E-state index contributed by atoms with van der Waals surface area (Å²) in [5, 5.41) is 7.84. The van der Waals surface area contributed by atoms with Gasteiger partial charge in [-0.1, -0.05) is 32.0 Å². The van der Waals surface area contributed by atoms with Crippen molar-refractivity contribution in [3.63, 3.8) is 0 Å². The van der Waals surface area contributed by atoms with Gasteiger partial charge in [0.2, 0.25) is 5.91 Å². The molecule has 0 fully saturated rings. The number of nitrogens with one attached hydrogen (secondary N) is 2. The smallest absolute Gasteiger partial charge is 0.220 e. The molecule has 1 aliphatic rings. The predicted octanol–water partition coefficient (Wildman–Crippen LogP) is 5.27. The molecule has 3 heterocycles. The Morgan fingerprint density at radius 2 is 2.00 bits per heavy atom. The van der Waals surface area contributed by atoms with Gasteiger partial charge in [0.1, 0.15) is 11.0 Å². The standard InChI is InChI=1S/C23H22N4OS/c1-13(2)11-18(28)24-9-8-16-20-19-15(14-5-3-4-6-17(14)27-20)7-10-25-21(19)22-23(16)29-12-26-22/h3-7,10,12-13,27H,8-9,11H2,1-2H3,(H,24,28). The zero-order valence-electron chi connectivity index (χ0n) is 16.5. The van der Waals surface area contributed by atoms with Crippen LogP contribution in [-0.2, 0) is 11.2 Å². The summed E-state index contributed by atoms with van der Waals surface area (Å²) in [6.07, 6.45) is 3.17. The van der Waals surface area contributed by atoms with Crippen LogP contribution in [0.2, 0.25) is 0 Å². The molecule has 0 saturated carbocycles. The molecular formula is C23H22N4OS. The third-order valence-electron chi connectivity index (χ3n) is 5.34. The van der Waals surface area contributed by atoms with Crippen LogP contribution < -0.4 is 10.6 Å². The first-order chi connectivity index (χ1) is 14.1. The lowest BCUT2D eigenvalue weighted by Gasteiger charge is -2.25. The number of pyridine rings is 1. The molecule has 0 spiro atoms. The highest BCUT2D eigenvalue weighted by Gasteiger charge is 2.24. The first kappa shape index (κ1) is 18.1. The van der Waals surface area contributed by atoms with Crippen LogP contribution in [0.3, 0.4) is 0 Å². The quantitative estimate of drug-likeness (QED) is 0.420. The van der Waals surface area contributed by atoms with E-state index in [-0.39, 0.29) is 5.91 Å². The van der Waals surface area contributed by atoms with E-state index in [0.29, 0.717) is 18.9 Å². The zero-order chi connectivity index (χ0) is 20.0. The third kappa shape index (κ3) is 3.04. The van der Waals surface area contributed by atoms with Gasteiger partial charge in [-0.05, 0) is 35.6 Å². The number of hydrogen-bond donors (Lipinski definition) is 2. The Labute approximate surface area is 173 Å². The van der Waals surface area contributed by atoms with Crippen molar-refractivity contribution in [3.05, 3.63) is 47.6 Å². The largest absolute Gasteiger partial charge is 0.356 e. The molecule has 29 heavy (non-hydrogen) atoms. The fraction of sp³-hybridized carbons (Fsp3) is 0.261. The summed E-state index contributed by atoms with van der Waals surface area (Å²) in [4.78, 5) is 21.4. The van der Waals surface area contributed by atoms with Crippen molar-refractivity contribution in [2.75, 3.05) is 11.9 Å². The number of thiazole rings is 1. The van der Waals surface area contributed by atoms with E-state index >= 15 is 0 Å². The fourth-order valence-corrected chi connectivity index (χ4v) is 4.99. The Morgan fingerprint density at radius 1 is 1.14 bits per heavy atom. The van der Waals surface area contributed by atoms with Gasteiger partial charge in [0.05, 0.1) is 15.9 Å². The molecule has 5 nitrogen and oxygen atoms in total. The summed E-state index contributed by atoms with van der Waals surface area (Å²) in [5.74, 6) is 0.465. The number of fused-ring (bicyclic) bond motifs is 4. The van der Waals surface area contributed by atoms with E-state index in [9.17, 15) is 4.79 Å². The van der Waals surface area contributed by atoms with Gasteiger partial charge in [-0.25, -0.2) is 4.98 Å². The van der Waals surface area contributed by atoms with E-state index in [0.717, 1.165) is 38.9 Å². The number of anilines is 2. The molecule has 2 aromatic carbocycles. The van der Waals surface area contributed by atoms with Crippen LogP contribution in [0.25, 0.3) is 32.2 Å². The lowest BCUT2D eigenvalue weighted by atomic mass is 9.91. The summed E-state index contributed by atoms with van der Waals surface area (Å²) >= 11 is 1.64. The highest BCUT2D eigenvalue weighted by Crippen LogP contribution is 2.47. The molecular weight excluding hydrogens is 380 g/mol. The summed E-state index contributed by atoms with van der Waals surface area (Å²) in [6.45, 7) is 4.73. The fourth-order valence-electron chi connectivity index (χ4n) is 4.12. The van der Waals surface area contributed by atoms with Crippen molar-refractivity contribution in [2.24, 2.45) is 5.92 Å².